The van der Waals surface area contributed by atoms with Gasteiger partial charge in [-0.25, -0.2) is 4.79 Å². The molecule has 5 nitrogen and oxygen atoms in total. The van der Waals surface area contributed by atoms with E-state index in [1.165, 1.54) is 6.26 Å². The average molecular weight is 265 g/mol. The summed E-state index contributed by atoms with van der Waals surface area (Å²) in [6.45, 7) is 5.29. The lowest BCUT2D eigenvalue weighted by Crippen LogP contribution is -2.30. The number of hydrogen-bond acceptors (Lipinski definition) is 3. The molecule has 1 N–H and O–H groups in total. The minimum atomic E-state index is -1.09. The largest absolute Gasteiger partial charge is 0.475 e. The molecule has 104 valence electrons. The zero-order valence-electron chi connectivity index (χ0n) is 11.3. The minimum absolute atomic E-state index is 0.0729. The molecule has 1 fully saturated rings. The lowest BCUT2D eigenvalue weighted by Gasteiger charge is -2.23. The Morgan fingerprint density at radius 1 is 1.47 bits per heavy atom. The molecular weight excluding hydrogens is 246 g/mol. The Labute approximate surface area is 112 Å². The maximum Gasteiger partial charge on any atom is 0.372 e. The van der Waals surface area contributed by atoms with Gasteiger partial charge in [-0.3, -0.25) is 4.79 Å². The number of amides is 1. The standard InChI is InChI=1S/C14H19NO4/c1-14(2)5-3-11(16)15(7-6-14)9-10-4-8-19-12(10)13(17)18/h4,8H,3,5-7,9H2,1-2H3,(H,17,18). The van der Waals surface area contributed by atoms with E-state index >= 15 is 0 Å². The Morgan fingerprint density at radius 2 is 2.21 bits per heavy atom. The third-order valence-electron chi connectivity index (χ3n) is 3.73. The number of likely N-dealkylation sites (tertiary alicyclic amines) is 1. The summed E-state index contributed by atoms with van der Waals surface area (Å²) < 4.78 is 4.94. The van der Waals surface area contributed by atoms with Crippen molar-refractivity contribution in [3.05, 3.63) is 23.7 Å². The first-order chi connectivity index (χ1) is 8.89. The van der Waals surface area contributed by atoms with E-state index in [-0.39, 0.29) is 17.1 Å². The normalized spacial score (nSPS) is 19.3. The molecule has 0 aliphatic carbocycles. The summed E-state index contributed by atoms with van der Waals surface area (Å²) in [6.07, 6.45) is 3.68. The van der Waals surface area contributed by atoms with Crippen LogP contribution in [0.25, 0.3) is 0 Å². The van der Waals surface area contributed by atoms with Gasteiger partial charge in [0.1, 0.15) is 0 Å². The molecule has 0 aromatic carbocycles. The molecule has 0 saturated carbocycles. The molecule has 1 aromatic heterocycles. The molecule has 0 atom stereocenters. The van der Waals surface area contributed by atoms with Crippen LogP contribution in [0.2, 0.25) is 0 Å². The number of nitrogens with zero attached hydrogens (tertiary/aromatic N) is 1. The van der Waals surface area contributed by atoms with E-state index in [1.54, 1.807) is 11.0 Å². The number of furan rings is 1. The van der Waals surface area contributed by atoms with Gasteiger partial charge in [0.2, 0.25) is 11.7 Å². The summed E-state index contributed by atoms with van der Waals surface area (Å²) in [5.41, 5.74) is 0.719. The second-order valence-electron chi connectivity index (χ2n) is 5.81. The fourth-order valence-electron chi connectivity index (χ4n) is 2.31. The van der Waals surface area contributed by atoms with Crippen LogP contribution in [-0.4, -0.2) is 28.4 Å². The van der Waals surface area contributed by atoms with Crippen LogP contribution in [0.1, 0.15) is 49.2 Å². The van der Waals surface area contributed by atoms with Gasteiger partial charge in [-0.2, -0.15) is 0 Å². The van der Waals surface area contributed by atoms with Crippen molar-refractivity contribution < 1.29 is 19.1 Å². The first-order valence-electron chi connectivity index (χ1n) is 6.46. The lowest BCUT2D eigenvalue weighted by atomic mass is 9.85. The number of hydrogen-bond donors (Lipinski definition) is 1. The average Bonchev–Trinajstić information content (AvgIpc) is 2.75. The summed E-state index contributed by atoms with van der Waals surface area (Å²) in [4.78, 5) is 24.8. The fourth-order valence-corrected chi connectivity index (χ4v) is 2.31. The fraction of sp³-hybridized carbons (Fsp3) is 0.571. The zero-order valence-corrected chi connectivity index (χ0v) is 11.3. The highest BCUT2D eigenvalue weighted by atomic mass is 16.4. The van der Waals surface area contributed by atoms with Crippen molar-refractivity contribution in [1.29, 1.82) is 0 Å². The molecule has 1 aliphatic rings. The molecule has 1 amide bonds. The van der Waals surface area contributed by atoms with Crippen LogP contribution in [0, 0.1) is 5.41 Å². The van der Waals surface area contributed by atoms with Crippen LogP contribution in [0.4, 0.5) is 0 Å². The van der Waals surface area contributed by atoms with Crippen LogP contribution < -0.4 is 0 Å². The first-order valence-corrected chi connectivity index (χ1v) is 6.46. The van der Waals surface area contributed by atoms with Crippen molar-refractivity contribution in [3.63, 3.8) is 0 Å². The predicted octanol–water partition coefficient (Wildman–Crippen LogP) is 2.52. The van der Waals surface area contributed by atoms with Crippen molar-refractivity contribution in [2.75, 3.05) is 6.54 Å². The van der Waals surface area contributed by atoms with Gasteiger partial charge in [0.15, 0.2) is 0 Å². The van der Waals surface area contributed by atoms with Crippen molar-refractivity contribution in [3.8, 4) is 0 Å². The number of carboxylic acids is 1. The third-order valence-corrected chi connectivity index (χ3v) is 3.73. The van der Waals surface area contributed by atoms with Crippen molar-refractivity contribution in [1.82, 2.24) is 4.90 Å². The predicted molar refractivity (Wildman–Crippen MR) is 68.7 cm³/mol. The summed E-state index contributed by atoms with van der Waals surface area (Å²) in [5, 5.41) is 8.99. The molecular formula is C14H19NO4. The summed E-state index contributed by atoms with van der Waals surface area (Å²) in [7, 11) is 0. The van der Waals surface area contributed by atoms with Crippen molar-refractivity contribution in [2.24, 2.45) is 5.41 Å². The Hall–Kier alpha value is -1.78. The topological polar surface area (TPSA) is 70.8 Å². The molecule has 0 bridgehead atoms. The monoisotopic (exact) mass is 265 g/mol. The van der Waals surface area contributed by atoms with E-state index in [9.17, 15) is 9.59 Å². The highest BCUT2D eigenvalue weighted by Gasteiger charge is 2.28. The van der Waals surface area contributed by atoms with E-state index in [1.807, 2.05) is 0 Å². The smallest absolute Gasteiger partial charge is 0.372 e. The van der Waals surface area contributed by atoms with Gasteiger partial charge in [-0.1, -0.05) is 13.8 Å². The van der Waals surface area contributed by atoms with Crippen molar-refractivity contribution in [2.45, 2.75) is 39.7 Å². The van der Waals surface area contributed by atoms with E-state index in [0.29, 0.717) is 25.1 Å². The highest BCUT2D eigenvalue weighted by Crippen LogP contribution is 2.31. The molecule has 2 rings (SSSR count). The zero-order chi connectivity index (χ0) is 14.0. The van der Waals surface area contributed by atoms with Crippen molar-refractivity contribution >= 4 is 11.9 Å². The molecule has 2 heterocycles. The third kappa shape index (κ3) is 3.16. The SMILES string of the molecule is CC1(C)CCC(=O)N(Cc2ccoc2C(=O)O)CC1. The molecule has 0 spiro atoms. The van der Waals surface area contributed by atoms with Crippen LogP contribution >= 0.6 is 0 Å². The molecule has 19 heavy (non-hydrogen) atoms. The first kappa shape index (κ1) is 13.6. The maximum atomic E-state index is 12.1. The number of rotatable bonds is 3. The summed E-state index contributed by atoms with van der Waals surface area (Å²) in [5.74, 6) is -1.08. The summed E-state index contributed by atoms with van der Waals surface area (Å²) in [6, 6.07) is 1.62. The Bertz CT molecular complexity index is 489. The van der Waals surface area contributed by atoms with Crippen LogP contribution in [0.15, 0.2) is 16.7 Å². The Balaban J connectivity index is 2.11. The van der Waals surface area contributed by atoms with Gasteiger partial charge in [0.25, 0.3) is 0 Å². The van der Waals surface area contributed by atoms with Gasteiger partial charge in [0, 0.05) is 25.1 Å². The Kier molecular flexibility index (Phi) is 3.64. The number of carbonyl (C=O) groups excluding carboxylic acids is 1. The maximum absolute atomic E-state index is 12.1. The Morgan fingerprint density at radius 3 is 2.89 bits per heavy atom. The van der Waals surface area contributed by atoms with Gasteiger partial charge < -0.3 is 14.4 Å². The van der Waals surface area contributed by atoms with Gasteiger partial charge in [-0.05, 0) is 24.3 Å². The quantitative estimate of drug-likeness (QED) is 0.911. The highest BCUT2D eigenvalue weighted by molar-refractivity contribution is 5.86. The minimum Gasteiger partial charge on any atom is -0.475 e. The number of carboxylic acid groups (broad SMARTS) is 1. The van der Waals surface area contributed by atoms with Crippen LogP contribution in [0.3, 0.4) is 0 Å². The number of aromatic carboxylic acids is 1. The van der Waals surface area contributed by atoms with E-state index < -0.39 is 5.97 Å². The van der Waals surface area contributed by atoms with Crippen LogP contribution in [-0.2, 0) is 11.3 Å². The molecule has 0 unspecified atom stereocenters. The van der Waals surface area contributed by atoms with Crippen LogP contribution in [0.5, 0.6) is 0 Å². The summed E-state index contributed by atoms with van der Waals surface area (Å²) >= 11 is 0. The second-order valence-corrected chi connectivity index (χ2v) is 5.81. The van der Waals surface area contributed by atoms with Gasteiger partial charge >= 0.3 is 5.97 Å². The van der Waals surface area contributed by atoms with E-state index in [0.717, 1.165) is 12.8 Å². The molecule has 1 aromatic rings. The number of carbonyl (C=O) groups is 2. The van der Waals surface area contributed by atoms with E-state index in [4.69, 9.17) is 9.52 Å². The molecule has 1 aliphatic heterocycles. The van der Waals surface area contributed by atoms with Gasteiger partial charge in [-0.15, -0.1) is 0 Å². The lowest BCUT2D eigenvalue weighted by molar-refractivity contribution is -0.131. The second kappa shape index (κ2) is 5.07. The van der Waals surface area contributed by atoms with E-state index in [2.05, 4.69) is 13.8 Å². The molecule has 5 heteroatoms. The molecule has 0 radical (unpaired) electrons. The molecule has 1 saturated heterocycles. The van der Waals surface area contributed by atoms with Gasteiger partial charge in [0.05, 0.1) is 6.26 Å².